The first kappa shape index (κ1) is 22.0. The minimum atomic E-state index is -3.90. The monoisotopic (exact) mass is 464 g/mol. The van der Waals surface area contributed by atoms with Gasteiger partial charge < -0.3 is 10.1 Å². The molecule has 0 heterocycles. The van der Waals surface area contributed by atoms with E-state index in [1.807, 2.05) is 19.1 Å². The Bertz CT molecular complexity index is 1170. The molecule has 0 saturated carbocycles. The summed E-state index contributed by atoms with van der Waals surface area (Å²) in [6.07, 6.45) is 0. The highest BCUT2D eigenvalue weighted by atomic mass is 35.5. The zero-order chi connectivity index (χ0) is 21.7. The molecule has 0 atom stereocenters. The standard InChI is InChI=1S/C21H18Cl2N2O4S/c1-14-3-2-4-17(11-14)29-13-21(26)24-20-12-18(9-10-19(20)23)30(27,28)25-16-7-5-15(22)6-8-16/h2-12,25H,13H2,1H3,(H,24,26). The van der Waals surface area contributed by atoms with Crippen molar-refractivity contribution in [1.82, 2.24) is 0 Å². The van der Waals surface area contributed by atoms with Gasteiger partial charge in [0, 0.05) is 10.7 Å². The van der Waals surface area contributed by atoms with Crippen molar-refractivity contribution in [3.8, 4) is 5.75 Å². The summed E-state index contributed by atoms with van der Waals surface area (Å²) in [4.78, 5) is 12.2. The Morgan fingerprint density at radius 3 is 2.43 bits per heavy atom. The Morgan fingerprint density at radius 1 is 1.00 bits per heavy atom. The fraction of sp³-hybridized carbons (Fsp3) is 0.0952. The molecule has 3 aromatic rings. The van der Waals surface area contributed by atoms with Crippen LogP contribution in [0.15, 0.2) is 71.6 Å². The van der Waals surface area contributed by atoms with E-state index in [2.05, 4.69) is 10.0 Å². The van der Waals surface area contributed by atoms with E-state index in [0.717, 1.165) is 5.56 Å². The average Bonchev–Trinajstić information content (AvgIpc) is 2.69. The summed E-state index contributed by atoms with van der Waals surface area (Å²) in [6, 6.07) is 17.5. The summed E-state index contributed by atoms with van der Waals surface area (Å²) in [5.74, 6) is 0.0818. The van der Waals surface area contributed by atoms with Crippen molar-refractivity contribution < 1.29 is 17.9 Å². The Balaban J connectivity index is 1.71. The lowest BCUT2D eigenvalue weighted by Gasteiger charge is -2.12. The molecule has 3 aromatic carbocycles. The van der Waals surface area contributed by atoms with E-state index in [0.29, 0.717) is 16.5 Å². The number of rotatable bonds is 7. The summed E-state index contributed by atoms with van der Waals surface area (Å²) < 4.78 is 33.2. The number of nitrogens with one attached hydrogen (secondary N) is 2. The maximum absolute atomic E-state index is 12.7. The van der Waals surface area contributed by atoms with Crippen LogP contribution in [0.2, 0.25) is 10.0 Å². The third-order valence-electron chi connectivity index (χ3n) is 3.98. The van der Waals surface area contributed by atoms with Crippen LogP contribution in [0.25, 0.3) is 0 Å². The number of sulfonamides is 1. The Labute approximate surface area is 184 Å². The fourth-order valence-electron chi connectivity index (χ4n) is 2.54. The molecule has 0 unspecified atom stereocenters. The number of halogens is 2. The van der Waals surface area contributed by atoms with Gasteiger partial charge in [-0.2, -0.15) is 0 Å². The van der Waals surface area contributed by atoms with Crippen LogP contribution < -0.4 is 14.8 Å². The maximum Gasteiger partial charge on any atom is 0.262 e. The number of hydrogen-bond acceptors (Lipinski definition) is 4. The summed E-state index contributed by atoms with van der Waals surface area (Å²) >= 11 is 11.9. The molecule has 0 aliphatic carbocycles. The molecule has 0 aliphatic heterocycles. The Morgan fingerprint density at radius 2 is 1.73 bits per heavy atom. The zero-order valence-corrected chi connectivity index (χ0v) is 18.2. The predicted molar refractivity (Wildman–Crippen MR) is 119 cm³/mol. The van der Waals surface area contributed by atoms with Crippen LogP contribution in [0.4, 0.5) is 11.4 Å². The van der Waals surface area contributed by atoms with Crippen molar-refractivity contribution >= 4 is 50.5 Å². The first-order chi connectivity index (χ1) is 14.2. The van der Waals surface area contributed by atoms with Gasteiger partial charge in [-0.15, -0.1) is 0 Å². The number of ether oxygens (including phenoxy) is 1. The van der Waals surface area contributed by atoms with Gasteiger partial charge >= 0.3 is 0 Å². The fourth-order valence-corrected chi connectivity index (χ4v) is 3.91. The molecule has 0 bridgehead atoms. The van der Waals surface area contributed by atoms with E-state index in [4.69, 9.17) is 27.9 Å². The van der Waals surface area contributed by atoms with Crippen LogP contribution in [0, 0.1) is 6.92 Å². The van der Waals surface area contributed by atoms with Crippen molar-refractivity contribution in [3.05, 3.63) is 82.3 Å². The number of amides is 1. The second kappa shape index (κ2) is 9.38. The van der Waals surface area contributed by atoms with Gasteiger partial charge in [-0.05, 0) is 67.1 Å². The predicted octanol–water partition coefficient (Wildman–Crippen LogP) is 5.12. The van der Waals surface area contributed by atoms with Gasteiger partial charge in [0.2, 0.25) is 0 Å². The van der Waals surface area contributed by atoms with Gasteiger partial charge in [-0.3, -0.25) is 9.52 Å². The molecule has 0 radical (unpaired) electrons. The molecule has 0 saturated heterocycles. The van der Waals surface area contributed by atoms with Crippen molar-refractivity contribution in [2.45, 2.75) is 11.8 Å². The summed E-state index contributed by atoms with van der Waals surface area (Å²) in [5.41, 5.74) is 1.52. The van der Waals surface area contributed by atoms with Crippen molar-refractivity contribution in [2.24, 2.45) is 0 Å². The lowest BCUT2D eigenvalue weighted by Crippen LogP contribution is -2.21. The molecule has 6 nitrogen and oxygen atoms in total. The van der Waals surface area contributed by atoms with Gasteiger partial charge in [0.25, 0.3) is 15.9 Å². The Hall–Kier alpha value is -2.74. The normalized spacial score (nSPS) is 11.0. The van der Waals surface area contributed by atoms with E-state index in [1.165, 1.54) is 18.2 Å². The number of carbonyl (C=O) groups excluding carboxylic acids is 1. The molecule has 2 N–H and O–H groups in total. The quantitative estimate of drug-likeness (QED) is 0.507. The van der Waals surface area contributed by atoms with E-state index < -0.39 is 15.9 Å². The van der Waals surface area contributed by atoms with Crippen LogP contribution in [0.5, 0.6) is 5.75 Å². The minimum absolute atomic E-state index is 0.0586. The van der Waals surface area contributed by atoms with Gasteiger partial charge in [0.05, 0.1) is 15.6 Å². The molecule has 30 heavy (non-hydrogen) atoms. The highest BCUT2D eigenvalue weighted by Crippen LogP contribution is 2.27. The molecule has 1 amide bonds. The van der Waals surface area contributed by atoms with E-state index in [9.17, 15) is 13.2 Å². The van der Waals surface area contributed by atoms with Crippen molar-refractivity contribution in [1.29, 1.82) is 0 Å². The average molecular weight is 465 g/mol. The summed E-state index contributed by atoms with van der Waals surface area (Å²) in [5, 5.41) is 3.26. The van der Waals surface area contributed by atoms with E-state index >= 15 is 0 Å². The van der Waals surface area contributed by atoms with Crippen LogP contribution in [0.1, 0.15) is 5.56 Å². The molecule has 156 valence electrons. The number of carbonyl (C=O) groups is 1. The lowest BCUT2D eigenvalue weighted by molar-refractivity contribution is -0.118. The van der Waals surface area contributed by atoms with Gasteiger partial charge in [0.15, 0.2) is 6.61 Å². The van der Waals surface area contributed by atoms with Crippen molar-refractivity contribution in [2.75, 3.05) is 16.6 Å². The minimum Gasteiger partial charge on any atom is -0.484 e. The summed E-state index contributed by atoms with van der Waals surface area (Å²) in [7, 11) is -3.90. The molecular weight excluding hydrogens is 447 g/mol. The molecular formula is C21H18Cl2N2O4S. The largest absolute Gasteiger partial charge is 0.484 e. The SMILES string of the molecule is Cc1cccc(OCC(=O)Nc2cc(S(=O)(=O)Nc3ccc(Cl)cc3)ccc2Cl)c1. The molecule has 0 aliphatic rings. The first-order valence-electron chi connectivity index (χ1n) is 8.80. The third kappa shape index (κ3) is 5.89. The maximum atomic E-state index is 12.7. The molecule has 0 spiro atoms. The number of hydrogen-bond donors (Lipinski definition) is 2. The molecule has 9 heteroatoms. The number of benzene rings is 3. The zero-order valence-electron chi connectivity index (χ0n) is 15.9. The first-order valence-corrected chi connectivity index (χ1v) is 11.0. The van der Waals surface area contributed by atoms with Gasteiger partial charge in [-0.25, -0.2) is 8.42 Å². The molecule has 0 fully saturated rings. The van der Waals surface area contributed by atoms with E-state index in [1.54, 1.807) is 36.4 Å². The molecule has 0 aromatic heterocycles. The van der Waals surface area contributed by atoms with Gasteiger partial charge in [-0.1, -0.05) is 35.3 Å². The number of aryl methyl sites for hydroxylation is 1. The lowest BCUT2D eigenvalue weighted by atomic mass is 10.2. The van der Waals surface area contributed by atoms with Crippen LogP contribution in [0.3, 0.4) is 0 Å². The highest BCUT2D eigenvalue weighted by Gasteiger charge is 2.17. The van der Waals surface area contributed by atoms with Crippen LogP contribution >= 0.6 is 23.2 Å². The smallest absolute Gasteiger partial charge is 0.262 e. The van der Waals surface area contributed by atoms with Crippen LogP contribution in [-0.4, -0.2) is 20.9 Å². The van der Waals surface area contributed by atoms with Crippen LogP contribution in [-0.2, 0) is 14.8 Å². The van der Waals surface area contributed by atoms with E-state index in [-0.39, 0.29) is 22.2 Å². The number of anilines is 2. The van der Waals surface area contributed by atoms with Crippen molar-refractivity contribution in [3.63, 3.8) is 0 Å². The highest BCUT2D eigenvalue weighted by molar-refractivity contribution is 7.92. The topological polar surface area (TPSA) is 84.5 Å². The third-order valence-corrected chi connectivity index (χ3v) is 5.94. The second-order valence-corrected chi connectivity index (χ2v) is 8.93. The van der Waals surface area contributed by atoms with Gasteiger partial charge in [0.1, 0.15) is 5.75 Å². The summed E-state index contributed by atoms with van der Waals surface area (Å²) in [6.45, 7) is 1.66. The Kier molecular flexibility index (Phi) is 6.87. The second-order valence-electron chi connectivity index (χ2n) is 6.41. The molecule has 3 rings (SSSR count).